The van der Waals surface area contributed by atoms with Crippen molar-refractivity contribution in [2.75, 3.05) is 20.2 Å². The minimum absolute atomic E-state index is 0.259. The van der Waals surface area contributed by atoms with E-state index >= 15 is 0 Å². The van der Waals surface area contributed by atoms with Crippen LogP contribution in [-0.2, 0) is 23.9 Å². The topological polar surface area (TPSA) is 102 Å². The minimum Gasteiger partial charge on any atom is -0.462 e. The summed E-state index contributed by atoms with van der Waals surface area (Å²) in [7, 11) is 1.18. The monoisotopic (exact) mass is 476 g/mol. The molecular formula is C27H44N2O5. The molecule has 0 aliphatic carbocycles. The zero-order valence-corrected chi connectivity index (χ0v) is 22.3. The van der Waals surface area contributed by atoms with Crippen molar-refractivity contribution in [1.29, 1.82) is 0 Å². The maximum absolute atomic E-state index is 11.2. The third-order valence-electron chi connectivity index (χ3n) is 4.55. The van der Waals surface area contributed by atoms with Gasteiger partial charge in [-0.05, 0) is 67.2 Å². The summed E-state index contributed by atoms with van der Waals surface area (Å²) in [5, 5.41) is 5.04. The molecule has 0 saturated carbocycles. The van der Waals surface area contributed by atoms with Gasteiger partial charge in [-0.15, -0.1) is 0 Å². The van der Waals surface area contributed by atoms with Crippen molar-refractivity contribution in [3.05, 3.63) is 46.6 Å². The Morgan fingerprint density at radius 3 is 1.44 bits per heavy atom. The molecule has 0 aromatic heterocycles. The summed E-state index contributed by atoms with van der Waals surface area (Å²) in [4.78, 5) is 44.0. The zero-order valence-electron chi connectivity index (χ0n) is 22.3. The number of allylic oxidation sites excluding steroid dienone is 6. The number of Topliss-reactive ketones (excluding diaryl/α,β-unsaturated/α-hetero) is 1. The first-order valence-electron chi connectivity index (χ1n) is 11.7. The van der Waals surface area contributed by atoms with Crippen LogP contribution in [0.3, 0.4) is 0 Å². The standard InChI is InChI=1S/C14H23NO2.C13H21NO3/c1-5-13(16)14(17)15-10-9-12(4)8-6-7-11(2)3;1-10(2)6-5-7-11(3)8-9-14-12(15)13(16)17-4/h7,9H,5-6,8,10H2,1-4H3,(H,15,17);6,8H,5,7,9H2,1-4H3,(H,14,15)/b12-9+;11-8+. The average Bonchev–Trinajstić information content (AvgIpc) is 2.77. The van der Waals surface area contributed by atoms with Crippen LogP contribution in [0, 0.1) is 0 Å². The first-order valence-corrected chi connectivity index (χ1v) is 11.7. The van der Waals surface area contributed by atoms with Crippen LogP contribution in [0.2, 0.25) is 0 Å². The maximum Gasteiger partial charge on any atom is 0.396 e. The molecule has 0 aromatic carbocycles. The van der Waals surface area contributed by atoms with E-state index in [-0.39, 0.29) is 12.2 Å². The number of amides is 2. The van der Waals surface area contributed by atoms with Crippen molar-refractivity contribution in [3.63, 3.8) is 0 Å². The second-order valence-electron chi connectivity index (χ2n) is 8.43. The van der Waals surface area contributed by atoms with Crippen molar-refractivity contribution in [3.8, 4) is 0 Å². The molecule has 0 aromatic rings. The first kappa shape index (κ1) is 33.2. The van der Waals surface area contributed by atoms with E-state index in [1.807, 2.05) is 26.0 Å². The third kappa shape index (κ3) is 20.9. The minimum atomic E-state index is -0.861. The van der Waals surface area contributed by atoms with E-state index in [2.05, 4.69) is 55.2 Å². The van der Waals surface area contributed by atoms with Gasteiger partial charge in [0.15, 0.2) is 0 Å². The van der Waals surface area contributed by atoms with Crippen LogP contribution in [0.1, 0.15) is 80.6 Å². The van der Waals surface area contributed by atoms with Gasteiger partial charge in [0.2, 0.25) is 5.78 Å². The van der Waals surface area contributed by atoms with E-state index in [0.29, 0.717) is 13.1 Å². The Hall–Kier alpha value is -2.96. The Morgan fingerprint density at radius 1 is 0.676 bits per heavy atom. The predicted octanol–water partition coefficient (Wildman–Crippen LogP) is 4.74. The highest BCUT2D eigenvalue weighted by Crippen LogP contribution is 2.06. The zero-order chi connectivity index (χ0) is 26.5. The van der Waals surface area contributed by atoms with E-state index in [1.54, 1.807) is 6.92 Å². The van der Waals surface area contributed by atoms with E-state index < -0.39 is 17.8 Å². The summed E-state index contributed by atoms with van der Waals surface area (Å²) in [5.74, 6) is -2.41. The van der Waals surface area contributed by atoms with Crippen LogP contribution < -0.4 is 10.6 Å². The molecule has 0 radical (unpaired) electrons. The Labute approximate surface area is 205 Å². The lowest BCUT2D eigenvalue weighted by Crippen LogP contribution is -2.31. The lowest BCUT2D eigenvalue weighted by atomic mass is 10.1. The molecule has 0 aliphatic heterocycles. The molecule has 0 aliphatic rings. The van der Waals surface area contributed by atoms with Gasteiger partial charge in [-0.1, -0.05) is 53.5 Å². The van der Waals surface area contributed by atoms with Gasteiger partial charge in [0.05, 0.1) is 7.11 Å². The molecule has 7 heteroatoms. The van der Waals surface area contributed by atoms with E-state index in [0.717, 1.165) is 25.7 Å². The molecule has 34 heavy (non-hydrogen) atoms. The molecule has 192 valence electrons. The summed E-state index contributed by atoms with van der Waals surface area (Å²) >= 11 is 0. The van der Waals surface area contributed by atoms with Gasteiger partial charge in [-0.2, -0.15) is 0 Å². The number of rotatable bonds is 12. The number of hydrogen-bond acceptors (Lipinski definition) is 5. The van der Waals surface area contributed by atoms with E-state index in [4.69, 9.17) is 0 Å². The normalized spacial score (nSPS) is 10.8. The fourth-order valence-electron chi connectivity index (χ4n) is 2.44. The second-order valence-corrected chi connectivity index (χ2v) is 8.43. The SMILES string of the molecule is CCC(=O)C(=O)NC/C=C(\C)CCC=C(C)C.COC(=O)C(=O)NC/C=C(\C)CCC=C(C)C. The molecule has 0 heterocycles. The maximum atomic E-state index is 11.2. The Kier molecular flexibility index (Phi) is 20.2. The number of hydrogen-bond donors (Lipinski definition) is 2. The van der Waals surface area contributed by atoms with Gasteiger partial charge in [0, 0.05) is 19.5 Å². The van der Waals surface area contributed by atoms with Crippen LogP contribution in [0.25, 0.3) is 0 Å². The van der Waals surface area contributed by atoms with Crippen LogP contribution >= 0.6 is 0 Å². The summed E-state index contributed by atoms with van der Waals surface area (Å²) in [6.45, 7) is 14.8. The number of carbonyl (C=O) groups is 4. The fraction of sp³-hybridized carbons (Fsp3) is 0.556. The molecule has 2 N–H and O–H groups in total. The Bertz CT molecular complexity index is 715. The quantitative estimate of drug-likeness (QED) is 0.241. The van der Waals surface area contributed by atoms with Gasteiger partial charge < -0.3 is 15.4 Å². The molecule has 0 rings (SSSR count). The molecule has 2 amide bonds. The summed E-state index contributed by atoms with van der Waals surface area (Å²) in [5.41, 5.74) is 5.04. The number of nitrogens with one attached hydrogen (secondary N) is 2. The van der Waals surface area contributed by atoms with Gasteiger partial charge in [0.25, 0.3) is 5.91 Å². The Balaban J connectivity index is 0. The molecule has 7 nitrogen and oxygen atoms in total. The van der Waals surface area contributed by atoms with Crippen molar-refractivity contribution >= 4 is 23.6 Å². The highest BCUT2D eigenvalue weighted by Gasteiger charge is 2.11. The van der Waals surface area contributed by atoms with Gasteiger partial charge in [-0.3, -0.25) is 14.4 Å². The number of methoxy groups -OCH3 is 1. The number of carbonyl (C=O) groups excluding carboxylic acids is 4. The highest BCUT2D eigenvalue weighted by atomic mass is 16.5. The van der Waals surface area contributed by atoms with Gasteiger partial charge in [0.1, 0.15) is 0 Å². The molecule has 0 bridgehead atoms. The average molecular weight is 477 g/mol. The smallest absolute Gasteiger partial charge is 0.396 e. The number of ether oxygens (including phenoxy) is 1. The van der Waals surface area contributed by atoms with Crippen molar-refractivity contribution in [2.45, 2.75) is 80.6 Å². The molecule has 0 fully saturated rings. The Morgan fingerprint density at radius 2 is 1.09 bits per heavy atom. The number of ketones is 1. The molecule has 0 saturated heterocycles. The largest absolute Gasteiger partial charge is 0.462 e. The molecule has 0 atom stereocenters. The first-order chi connectivity index (χ1) is 15.9. The van der Waals surface area contributed by atoms with Crippen molar-refractivity contribution < 1.29 is 23.9 Å². The van der Waals surface area contributed by atoms with Crippen LogP contribution in [0.4, 0.5) is 0 Å². The van der Waals surface area contributed by atoms with Gasteiger partial charge in [-0.25, -0.2) is 4.79 Å². The number of esters is 1. The lowest BCUT2D eigenvalue weighted by Gasteiger charge is -2.02. The van der Waals surface area contributed by atoms with Crippen molar-refractivity contribution in [1.82, 2.24) is 10.6 Å². The molecular weight excluding hydrogens is 432 g/mol. The molecule has 0 unspecified atom stereocenters. The third-order valence-corrected chi connectivity index (χ3v) is 4.55. The summed E-state index contributed by atoms with van der Waals surface area (Å²) in [6.07, 6.45) is 12.4. The second kappa shape index (κ2) is 20.6. The van der Waals surface area contributed by atoms with Crippen LogP contribution in [-0.4, -0.2) is 43.8 Å². The summed E-state index contributed by atoms with van der Waals surface area (Å²) in [6, 6.07) is 0. The molecule has 0 spiro atoms. The fourth-order valence-corrected chi connectivity index (χ4v) is 2.44. The van der Waals surface area contributed by atoms with Crippen LogP contribution in [0.15, 0.2) is 46.6 Å². The van der Waals surface area contributed by atoms with E-state index in [1.165, 1.54) is 29.4 Å². The van der Waals surface area contributed by atoms with E-state index in [9.17, 15) is 19.2 Å². The highest BCUT2D eigenvalue weighted by molar-refractivity contribution is 6.36. The summed E-state index contributed by atoms with van der Waals surface area (Å²) < 4.78 is 4.28. The predicted molar refractivity (Wildman–Crippen MR) is 138 cm³/mol. The lowest BCUT2D eigenvalue weighted by molar-refractivity contribution is -0.152. The van der Waals surface area contributed by atoms with Gasteiger partial charge >= 0.3 is 11.9 Å². The van der Waals surface area contributed by atoms with Crippen molar-refractivity contribution in [2.24, 2.45) is 0 Å². The van der Waals surface area contributed by atoms with Crippen LogP contribution in [0.5, 0.6) is 0 Å².